The predicted molar refractivity (Wildman–Crippen MR) is 120 cm³/mol. The molecule has 0 aromatic carbocycles. The van der Waals surface area contributed by atoms with Crippen LogP contribution in [0.25, 0.3) is 17.5 Å². The number of aromatic nitrogens is 3. The number of rotatable bonds is 3. The Kier molecular flexibility index (Phi) is 4.72. The standard InChI is InChI=1S/C22H26N4O5S/c1-12-9-30-10-13-11-31-18-19(22(2,3)32(4,28)29)24-20(25-21(18)26(12)13)17-14-6-5-7-15(14)23-8-16(17)27/h5-6,8,12-13,27H,7,9-11H2,1-4H3/t12-,13+/m1/s1. The molecule has 1 fully saturated rings. The molecule has 2 aliphatic heterocycles. The summed E-state index contributed by atoms with van der Waals surface area (Å²) in [7, 11) is -3.55. The van der Waals surface area contributed by atoms with Gasteiger partial charge in [-0.1, -0.05) is 12.2 Å². The summed E-state index contributed by atoms with van der Waals surface area (Å²) in [6.07, 6.45) is 7.08. The summed E-state index contributed by atoms with van der Waals surface area (Å²) < 4.78 is 36.0. The zero-order valence-electron chi connectivity index (χ0n) is 18.5. The Morgan fingerprint density at radius 1 is 1.22 bits per heavy atom. The molecular formula is C22H26N4O5S. The van der Waals surface area contributed by atoms with Crippen LogP contribution in [0.4, 0.5) is 5.82 Å². The van der Waals surface area contributed by atoms with E-state index in [0.717, 1.165) is 11.3 Å². The smallest absolute Gasteiger partial charge is 0.185 e. The molecule has 5 rings (SSSR count). The first-order valence-electron chi connectivity index (χ1n) is 10.6. The van der Waals surface area contributed by atoms with Crippen LogP contribution in [0.2, 0.25) is 0 Å². The van der Waals surface area contributed by atoms with Crippen LogP contribution in [0.1, 0.15) is 37.7 Å². The van der Waals surface area contributed by atoms with E-state index in [0.29, 0.717) is 43.4 Å². The van der Waals surface area contributed by atoms with Crippen LogP contribution in [-0.2, 0) is 25.7 Å². The highest BCUT2D eigenvalue weighted by atomic mass is 32.2. The van der Waals surface area contributed by atoms with Gasteiger partial charge in [0, 0.05) is 18.2 Å². The molecule has 4 heterocycles. The van der Waals surface area contributed by atoms with Gasteiger partial charge in [-0.2, -0.15) is 0 Å². The van der Waals surface area contributed by atoms with E-state index in [1.807, 2.05) is 19.1 Å². The lowest BCUT2D eigenvalue weighted by Gasteiger charge is -2.45. The number of allylic oxidation sites excluding steroid dienone is 1. The van der Waals surface area contributed by atoms with Crippen molar-refractivity contribution in [1.29, 1.82) is 0 Å². The van der Waals surface area contributed by atoms with E-state index in [1.54, 1.807) is 13.8 Å². The van der Waals surface area contributed by atoms with E-state index in [1.165, 1.54) is 12.5 Å². The number of nitrogens with zero attached hydrogens (tertiary/aromatic N) is 4. The minimum absolute atomic E-state index is 0.0185. The second-order valence-electron chi connectivity index (χ2n) is 9.07. The molecular weight excluding hydrogens is 432 g/mol. The summed E-state index contributed by atoms with van der Waals surface area (Å²) in [5, 5.41) is 10.7. The van der Waals surface area contributed by atoms with Crippen LogP contribution in [0.15, 0.2) is 12.3 Å². The summed E-state index contributed by atoms with van der Waals surface area (Å²) in [6, 6.07) is -0.0233. The summed E-state index contributed by atoms with van der Waals surface area (Å²) in [6.45, 7) is 6.64. The van der Waals surface area contributed by atoms with E-state index in [9.17, 15) is 13.5 Å². The minimum Gasteiger partial charge on any atom is -0.506 e. The van der Waals surface area contributed by atoms with Gasteiger partial charge < -0.3 is 19.5 Å². The van der Waals surface area contributed by atoms with Gasteiger partial charge in [-0.3, -0.25) is 4.98 Å². The minimum atomic E-state index is -3.55. The van der Waals surface area contributed by atoms with Crippen molar-refractivity contribution in [2.45, 2.75) is 44.0 Å². The number of hydrogen-bond acceptors (Lipinski definition) is 9. The maximum Gasteiger partial charge on any atom is 0.185 e. The van der Waals surface area contributed by atoms with E-state index < -0.39 is 14.6 Å². The summed E-state index contributed by atoms with van der Waals surface area (Å²) in [5.74, 6) is 1.10. The lowest BCUT2D eigenvalue weighted by atomic mass is 10.0. The van der Waals surface area contributed by atoms with Crippen LogP contribution in [0.5, 0.6) is 11.5 Å². The van der Waals surface area contributed by atoms with E-state index >= 15 is 0 Å². The second kappa shape index (κ2) is 7.14. The highest BCUT2D eigenvalue weighted by Gasteiger charge is 2.44. The third kappa shape index (κ3) is 3.07. The molecule has 32 heavy (non-hydrogen) atoms. The topological polar surface area (TPSA) is 115 Å². The lowest BCUT2D eigenvalue weighted by molar-refractivity contribution is 0.0482. The van der Waals surface area contributed by atoms with Crippen LogP contribution < -0.4 is 9.64 Å². The highest BCUT2D eigenvalue weighted by Crippen LogP contribution is 2.46. The van der Waals surface area contributed by atoms with Gasteiger partial charge in [0.1, 0.15) is 22.8 Å². The van der Waals surface area contributed by atoms with Gasteiger partial charge in [0.25, 0.3) is 0 Å². The molecule has 0 bridgehead atoms. The first-order valence-corrected chi connectivity index (χ1v) is 12.5. The average molecular weight is 459 g/mol. The normalized spacial score (nSPS) is 22.2. The molecule has 9 nitrogen and oxygen atoms in total. The van der Waals surface area contributed by atoms with Crippen LogP contribution >= 0.6 is 0 Å². The molecule has 0 spiro atoms. The Balaban J connectivity index is 1.82. The number of hydrogen-bond donors (Lipinski definition) is 1. The van der Waals surface area contributed by atoms with Crippen molar-refractivity contribution in [2.75, 3.05) is 31.0 Å². The van der Waals surface area contributed by atoms with Gasteiger partial charge in [-0.25, -0.2) is 18.4 Å². The summed E-state index contributed by atoms with van der Waals surface area (Å²) >= 11 is 0. The van der Waals surface area contributed by atoms with Crippen LogP contribution in [0.3, 0.4) is 0 Å². The number of sulfone groups is 1. The molecule has 1 aliphatic carbocycles. The number of anilines is 1. The molecule has 2 atom stereocenters. The zero-order valence-corrected chi connectivity index (χ0v) is 19.3. The van der Waals surface area contributed by atoms with E-state index in [-0.39, 0.29) is 29.4 Å². The van der Waals surface area contributed by atoms with Gasteiger partial charge in [0.15, 0.2) is 27.2 Å². The molecule has 3 aliphatic rings. The molecule has 0 saturated carbocycles. The maximum atomic E-state index is 12.8. The third-order valence-electron chi connectivity index (χ3n) is 6.55. The Labute approximate surface area is 187 Å². The molecule has 2 aromatic heterocycles. The molecule has 170 valence electrons. The molecule has 10 heteroatoms. The average Bonchev–Trinajstić information content (AvgIpc) is 3.20. The van der Waals surface area contributed by atoms with Crippen molar-refractivity contribution in [2.24, 2.45) is 0 Å². The van der Waals surface area contributed by atoms with Gasteiger partial charge >= 0.3 is 0 Å². The fraction of sp³-hybridized carbons (Fsp3) is 0.500. The largest absolute Gasteiger partial charge is 0.506 e. The number of pyridine rings is 1. The first kappa shape index (κ1) is 21.1. The van der Waals surface area contributed by atoms with Crippen molar-refractivity contribution in [1.82, 2.24) is 15.0 Å². The molecule has 0 radical (unpaired) electrons. The number of fused-ring (bicyclic) bond motifs is 4. The van der Waals surface area contributed by atoms with Crippen LogP contribution in [-0.4, -0.2) is 66.6 Å². The number of ether oxygens (including phenoxy) is 2. The molecule has 0 amide bonds. The Morgan fingerprint density at radius 2 is 2.00 bits per heavy atom. The van der Waals surface area contributed by atoms with Gasteiger partial charge in [-0.05, 0) is 20.8 Å². The van der Waals surface area contributed by atoms with Crippen molar-refractivity contribution >= 4 is 21.7 Å². The fourth-order valence-corrected chi connectivity index (χ4v) is 4.94. The Morgan fingerprint density at radius 3 is 2.75 bits per heavy atom. The molecule has 2 aromatic rings. The van der Waals surface area contributed by atoms with Crippen molar-refractivity contribution in [3.05, 3.63) is 29.2 Å². The molecule has 0 unspecified atom stereocenters. The second-order valence-corrected chi connectivity index (χ2v) is 11.6. The molecule has 1 N–H and O–H groups in total. The monoisotopic (exact) mass is 458 g/mol. The van der Waals surface area contributed by atoms with Gasteiger partial charge in [-0.15, -0.1) is 0 Å². The zero-order chi connectivity index (χ0) is 22.8. The predicted octanol–water partition coefficient (Wildman–Crippen LogP) is 2.08. The number of morpholine rings is 1. The quantitative estimate of drug-likeness (QED) is 0.738. The van der Waals surface area contributed by atoms with Crippen LogP contribution in [0, 0.1) is 0 Å². The van der Waals surface area contributed by atoms with Crippen molar-refractivity contribution < 1.29 is 23.0 Å². The third-order valence-corrected chi connectivity index (χ3v) is 8.59. The highest BCUT2D eigenvalue weighted by molar-refractivity contribution is 7.91. The SMILES string of the molecule is C[C@@H]1COC[C@H]2COc3c(nc(-c4c(O)cnc5c4C=CC5)nc3C(C)(C)S(C)(=O)=O)N21. The Hall–Kier alpha value is -2.72. The molecule has 1 saturated heterocycles. The van der Waals surface area contributed by atoms with E-state index in [4.69, 9.17) is 19.4 Å². The lowest BCUT2D eigenvalue weighted by Crippen LogP contribution is -2.56. The number of aromatic hydroxyl groups is 1. The van der Waals surface area contributed by atoms with Gasteiger partial charge in [0.05, 0.1) is 42.8 Å². The Bertz CT molecular complexity index is 1240. The van der Waals surface area contributed by atoms with Crippen molar-refractivity contribution in [3.8, 4) is 22.9 Å². The first-order chi connectivity index (χ1) is 15.1. The van der Waals surface area contributed by atoms with Gasteiger partial charge in [0.2, 0.25) is 0 Å². The fourth-order valence-electron chi connectivity index (χ4n) is 4.45. The summed E-state index contributed by atoms with van der Waals surface area (Å²) in [4.78, 5) is 16.0. The summed E-state index contributed by atoms with van der Waals surface area (Å²) in [5.41, 5.74) is 2.29. The maximum absolute atomic E-state index is 12.8. The van der Waals surface area contributed by atoms with E-state index in [2.05, 4.69) is 9.88 Å². The van der Waals surface area contributed by atoms with Crippen molar-refractivity contribution in [3.63, 3.8) is 0 Å².